The van der Waals surface area contributed by atoms with Crippen LogP contribution in [0.3, 0.4) is 0 Å². The fourth-order valence-electron chi connectivity index (χ4n) is 13.6. The summed E-state index contributed by atoms with van der Waals surface area (Å²) in [6.07, 6.45) is -9.85. The van der Waals surface area contributed by atoms with Gasteiger partial charge in [-0.1, -0.05) is 158 Å². The zero-order valence-electron chi connectivity index (χ0n) is 43.8. The second kappa shape index (κ2) is 17.0. The topological polar surface area (TPSA) is 41.1 Å². The summed E-state index contributed by atoms with van der Waals surface area (Å²) in [6, 6.07) is 67.3. The number of furan rings is 2. The van der Waals surface area contributed by atoms with Gasteiger partial charge in [-0.15, -0.1) is 0 Å². The molecule has 0 fully saturated rings. The van der Waals surface area contributed by atoms with Gasteiger partial charge in [-0.2, -0.15) is 26.3 Å². The van der Waals surface area contributed by atoms with Crippen LogP contribution in [-0.2, 0) is 17.9 Å². The molecule has 0 aliphatic carbocycles. The van der Waals surface area contributed by atoms with E-state index in [1.807, 2.05) is 193 Å². The number of hydrogen-bond donors (Lipinski definition) is 0. The monoisotopic (exact) mass is 1080 g/mol. The van der Waals surface area contributed by atoms with Gasteiger partial charge in [-0.3, -0.25) is 0 Å². The third-order valence-electron chi connectivity index (χ3n) is 16.9. The number of aromatic nitrogens is 3. The molecule has 0 saturated heterocycles. The van der Waals surface area contributed by atoms with Crippen molar-refractivity contribution in [2.75, 3.05) is 0 Å². The summed E-state index contributed by atoms with van der Waals surface area (Å²) in [5.74, 6) is 0. The molecular formula is C71H43F6N3O2. The third-order valence-corrected chi connectivity index (χ3v) is 16.9. The number of rotatable bonds is 6. The van der Waals surface area contributed by atoms with Gasteiger partial charge in [0.2, 0.25) is 0 Å². The Hall–Kier alpha value is -10.0. The summed E-state index contributed by atoms with van der Waals surface area (Å²) >= 11 is 0. The average Bonchev–Trinajstić information content (AvgIpc) is 2.08. The van der Waals surface area contributed by atoms with Crippen LogP contribution in [0.25, 0.3) is 143 Å². The molecule has 0 unspecified atom stereocenters. The van der Waals surface area contributed by atoms with Crippen LogP contribution in [0, 0.1) is 0 Å². The number of hydrogen-bond acceptors (Lipinski definition) is 2. The second-order valence-corrected chi connectivity index (χ2v) is 21.6. The fraction of sp³-hybridized carbons (Fsp3) is 0.0704. The number of para-hydroxylation sites is 6. The van der Waals surface area contributed by atoms with Crippen molar-refractivity contribution in [2.45, 2.75) is 31.7 Å². The highest BCUT2D eigenvalue weighted by Gasteiger charge is 2.43. The highest BCUT2D eigenvalue weighted by atomic mass is 19.4. The number of alkyl halides is 6. The van der Waals surface area contributed by atoms with Crippen molar-refractivity contribution in [1.82, 2.24) is 13.7 Å². The molecule has 0 atom stereocenters. The first-order valence-corrected chi connectivity index (χ1v) is 27.0. The van der Waals surface area contributed by atoms with E-state index in [0.29, 0.717) is 61.3 Å². The Morgan fingerprint density at radius 3 is 1.06 bits per heavy atom. The van der Waals surface area contributed by atoms with Gasteiger partial charge in [-0.25, -0.2) is 0 Å². The first-order valence-electron chi connectivity index (χ1n) is 27.0. The lowest BCUT2D eigenvalue weighted by Gasteiger charge is -2.37. The Bertz CT molecular complexity index is 5050. The lowest BCUT2D eigenvalue weighted by Crippen LogP contribution is -2.32. The maximum Gasteiger partial charge on any atom is 0.417 e. The maximum atomic E-state index is 16.3. The fourth-order valence-corrected chi connectivity index (χ4v) is 13.6. The lowest BCUT2D eigenvalue weighted by molar-refractivity contribution is -0.137. The molecule has 5 aromatic heterocycles. The largest absolute Gasteiger partial charge is 0.454 e. The minimum atomic E-state index is -4.92. The minimum absolute atomic E-state index is 0.0397. The van der Waals surface area contributed by atoms with Crippen LogP contribution in [0.5, 0.6) is 0 Å². The van der Waals surface area contributed by atoms with Crippen LogP contribution in [0.4, 0.5) is 26.3 Å². The van der Waals surface area contributed by atoms with E-state index in [4.69, 9.17) is 8.83 Å². The Kier molecular flexibility index (Phi) is 9.95. The van der Waals surface area contributed by atoms with Crippen molar-refractivity contribution in [3.8, 4) is 33.6 Å². The number of nitrogens with zero attached hydrogens (tertiary/aromatic N) is 3. The first kappa shape index (κ1) is 48.0. The molecule has 0 spiro atoms. The molecule has 5 heterocycles. The summed E-state index contributed by atoms with van der Waals surface area (Å²) in [6.45, 7) is 4.06. The average molecular weight is 1080 g/mol. The van der Waals surface area contributed by atoms with Crippen molar-refractivity contribution in [3.63, 3.8) is 0 Å². The molecule has 0 aliphatic rings. The molecule has 11 aromatic carbocycles. The molecule has 396 valence electrons. The van der Waals surface area contributed by atoms with Crippen LogP contribution < -0.4 is 0 Å². The number of fused-ring (bicyclic) bond motifs is 17. The number of benzene rings is 11. The van der Waals surface area contributed by atoms with E-state index < -0.39 is 29.0 Å². The van der Waals surface area contributed by atoms with E-state index in [1.54, 1.807) is 18.2 Å². The third kappa shape index (κ3) is 6.64. The van der Waals surface area contributed by atoms with Gasteiger partial charge < -0.3 is 22.5 Å². The van der Waals surface area contributed by atoms with Crippen LogP contribution in [0.2, 0.25) is 0 Å². The molecule has 0 aliphatic heterocycles. The van der Waals surface area contributed by atoms with E-state index in [9.17, 15) is 0 Å². The van der Waals surface area contributed by atoms with Crippen molar-refractivity contribution >= 4 is 109 Å². The van der Waals surface area contributed by atoms with Gasteiger partial charge in [0.15, 0.2) is 11.2 Å². The molecule has 0 N–H and O–H groups in total. The molecule has 16 aromatic rings. The molecule has 0 saturated carbocycles. The zero-order valence-corrected chi connectivity index (χ0v) is 43.8. The predicted molar refractivity (Wildman–Crippen MR) is 318 cm³/mol. The Morgan fingerprint density at radius 1 is 0.317 bits per heavy atom. The van der Waals surface area contributed by atoms with Crippen LogP contribution in [-0.4, -0.2) is 13.7 Å². The maximum absolute atomic E-state index is 16.3. The Morgan fingerprint density at radius 2 is 0.646 bits per heavy atom. The van der Waals surface area contributed by atoms with E-state index in [2.05, 4.69) is 4.57 Å². The summed E-state index contributed by atoms with van der Waals surface area (Å²) in [5, 5.41) is 8.13. The van der Waals surface area contributed by atoms with E-state index >= 15 is 26.3 Å². The van der Waals surface area contributed by atoms with Gasteiger partial charge in [0.05, 0.1) is 50.1 Å². The highest BCUT2D eigenvalue weighted by Crippen LogP contribution is 2.55. The Labute approximate surface area is 462 Å². The molecule has 16 rings (SSSR count). The first-order chi connectivity index (χ1) is 39.8. The Balaban J connectivity index is 1.26. The normalized spacial score (nSPS) is 12.9. The standard InChI is InChI=1S/C71H43F6N3O2/c1-69(2,80-58-31-15-7-21-42(58)43-22-8-16-32-59(43)80)62-63(78-56-29-13-5-23-44(56)48-35-37-50-46-25-9-17-33-60(46)81-67(50)65(48)78)52(40-19-3-11-27-54(40)70(72,73)74)39-53(41-20-4-12-28-55(41)71(75,76)77)64(62)79-57-30-14-6-24-45(57)49-36-38-51-47-26-10-18-34-61(47)82-68(51)66(49)79/h3-39H,1-2H3. The van der Waals surface area contributed by atoms with Crippen LogP contribution in [0.1, 0.15) is 30.5 Å². The molecule has 11 heteroatoms. The quantitative estimate of drug-likeness (QED) is 0.156. The summed E-state index contributed by atoms with van der Waals surface area (Å²) in [7, 11) is 0. The molecule has 0 bridgehead atoms. The molecule has 82 heavy (non-hydrogen) atoms. The summed E-state index contributed by atoms with van der Waals surface area (Å²) < 4.78 is 118. The smallest absolute Gasteiger partial charge is 0.417 e. The lowest BCUT2D eigenvalue weighted by atomic mass is 9.81. The zero-order chi connectivity index (χ0) is 55.6. The number of halogens is 6. The van der Waals surface area contributed by atoms with E-state index in [0.717, 1.165) is 77.0 Å². The van der Waals surface area contributed by atoms with Crippen molar-refractivity contribution in [2.24, 2.45) is 0 Å². The van der Waals surface area contributed by atoms with Crippen molar-refractivity contribution in [3.05, 3.63) is 241 Å². The second-order valence-electron chi connectivity index (χ2n) is 21.6. The van der Waals surface area contributed by atoms with Gasteiger partial charge >= 0.3 is 12.4 Å². The van der Waals surface area contributed by atoms with Crippen LogP contribution in [0.15, 0.2) is 233 Å². The molecule has 0 radical (unpaired) electrons. The van der Waals surface area contributed by atoms with Crippen LogP contribution >= 0.6 is 0 Å². The van der Waals surface area contributed by atoms with Crippen molar-refractivity contribution < 1.29 is 35.2 Å². The van der Waals surface area contributed by atoms with Gasteiger partial charge in [0.25, 0.3) is 0 Å². The molecule has 5 nitrogen and oxygen atoms in total. The van der Waals surface area contributed by atoms with Gasteiger partial charge in [-0.05, 0) is 91.7 Å². The molecule has 0 amide bonds. The van der Waals surface area contributed by atoms with Gasteiger partial charge in [0, 0.05) is 81.6 Å². The highest BCUT2D eigenvalue weighted by molar-refractivity contribution is 6.24. The SMILES string of the molecule is CC(C)(c1c(-n2c3ccccc3c3ccc4c5ccccc5oc4c32)c(-c2ccccc2C(F)(F)F)cc(-c2ccccc2C(F)(F)F)c1-n1c2ccccc2c2ccc3c4ccccc4oc3c21)n1c2ccccc2c2ccccc21. The summed E-state index contributed by atoms with van der Waals surface area (Å²) in [4.78, 5) is 0. The minimum Gasteiger partial charge on any atom is -0.454 e. The summed E-state index contributed by atoms with van der Waals surface area (Å²) in [5.41, 5.74) is 3.46. The van der Waals surface area contributed by atoms with Crippen molar-refractivity contribution in [1.29, 1.82) is 0 Å². The predicted octanol–water partition coefficient (Wildman–Crippen LogP) is 20.9. The van der Waals surface area contributed by atoms with E-state index in [-0.39, 0.29) is 22.3 Å². The van der Waals surface area contributed by atoms with Gasteiger partial charge in [0.1, 0.15) is 11.2 Å². The van der Waals surface area contributed by atoms with E-state index in [1.165, 1.54) is 24.3 Å². The molecular weight excluding hydrogens is 1040 g/mol.